The zero-order valence-corrected chi connectivity index (χ0v) is 17.4. The van der Waals surface area contributed by atoms with Crippen molar-refractivity contribution in [3.8, 4) is 0 Å². The number of rotatable bonds is 3. The van der Waals surface area contributed by atoms with Gasteiger partial charge in [0.1, 0.15) is 5.69 Å². The summed E-state index contributed by atoms with van der Waals surface area (Å²) in [5.41, 5.74) is 3.22. The van der Waals surface area contributed by atoms with E-state index < -0.39 is 0 Å². The van der Waals surface area contributed by atoms with Crippen molar-refractivity contribution in [1.82, 2.24) is 20.0 Å². The molecule has 5 heteroatoms. The van der Waals surface area contributed by atoms with E-state index in [2.05, 4.69) is 39.9 Å². The maximum Gasteiger partial charge on any atom is 0.274 e. The number of carbonyl (C=O) groups excluding carboxylic acids is 1. The van der Waals surface area contributed by atoms with Crippen LogP contribution in [-0.2, 0) is 6.42 Å². The first kappa shape index (κ1) is 18.4. The summed E-state index contributed by atoms with van der Waals surface area (Å²) >= 11 is 0. The van der Waals surface area contributed by atoms with Gasteiger partial charge in [-0.3, -0.25) is 14.8 Å². The summed E-state index contributed by atoms with van der Waals surface area (Å²) in [5.74, 6) is 1.99. The Morgan fingerprint density at radius 1 is 1.29 bits per heavy atom. The molecule has 4 aliphatic rings. The summed E-state index contributed by atoms with van der Waals surface area (Å²) in [7, 11) is 0. The molecule has 4 heterocycles. The van der Waals surface area contributed by atoms with E-state index in [4.69, 9.17) is 0 Å². The van der Waals surface area contributed by atoms with Gasteiger partial charge in [0.25, 0.3) is 5.91 Å². The lowest BCUT2D eigenvalue weighted by Gasteiger charge is -2.54. The van der Waals surface area contributed by atoms with Crippen LogP contribution in [0.3, 0.4) is 0 Å². The minimum Gasteiger partial charge on any atom is -0.330 e. The van der Waals surface area contributed by atoms with Gasteiger partial charge in [-0.1, -0.05) is 31.9 Å². The molecule has 0 saturated carbocycles. The standard InChI is InChI=1S/C23H34N4O/c1-15(2)10-19-13-20(25-24-19)23(28)27-9-5-6-16-11-17-12-18(22(16)27)14-26-8-4-3-7-21(17)26/h11,13,15,17-18,21-22H,3-10,12,14H2,1-2H3,(H,24,25)/t17?,18?,21-,22-/m1/s1. The summed E-state index contributed by atoms with van der Waals surface area (Å²) in [4.78, 5) is 18.3. The molecule has 0 radical (unpaired) electrons. The Morgan fingerprint density at radius 3 is 3.04 bits per heavy atom. The van der Waals surface area contributed by atoms with Crippen LogP contribution in [0.4, 0.5) is 0 Å². The molecule has 2 unspecified atom stereocenters. The smallest absolute Gasteiger partial charge is 0.274 e. The van der Waals surface area contributed by atoms with Crippen molar-refractivity contribution in [1.29, 1.82) is 0 Å². The molecule has 3 saturated heterocycles. The summed E-state index contributed by atoms with van der Waals surface area (Å²) in [6.45, 7) is 7.68. The van der Waals surface area contributed by atoms with Crippen LogP contribution in [-0.4, -0.2) is 57.6 Å². The highest BCUT2D eigenvalue weighted by Crippen LogP contribution is 2.45. The molecule has 28 heavy (non-hydrogen) atoms. The van der Waals surface area contributed by atoms with Crippen molar-refractivity contribution >= 4 is 5.91 Å². The van der Waals surface area contributed by atoms with E-state index >= 15 is 0 Å². The number of aromatic nitrogens is 2. The molecule has 5 rings (SSSR count). The largest absolute Gasteiger partial charge is 0.330 e. The van der Waals surface area contributed by atoms with Gasteiger partial charge < -0.3 is 4.90 Å². The summed E-state index contributed by atoms with van der Waals surface area (Å²) < 4.78 is 0. The van der Waals surface area contributed by atoms with Crippen molar-refractivity contribution < 1.29 is 4.79 Å². The third-order valence-corrected chi connectivity index (χ3v) is 7.40. The van der Waals surface area contributed by atoms with Gasteiger partial charge in [-0.15, -0.1) is 0 Å². The predicted octanol–water partition coefficient (Wildman–Crippen LogP) is 3.64. The third kappa shape index (κ3) is 3.22. The average Bonchev–Trinajstić information content (AvgIpc) is 3.15. The second-order valence-corrected chi connectivity index (χ2v) is 9.88. The number of fused-ring (bicyclic) bond motifs is 6. The average molecular weight is 383 g/mol. The van der Waals surface area contributed by atoms with Crippen LogP contribution in [0.1, 0.15) is 68.6 Å². The topological polar surface area (TPSA) is 52.2 Å². The number of likely N-dealkylation sites (tertiary alicyclic amines) is 1. The fourth-order valence-electron chi connectivity index (χ4n) is 6.36. The van der Waals surface area contributed by atoms with Gasteiger partial charge in [-0.25, -0.2) is 0 Å². The number of amides is 1. The van der Waals surface area contributed by atoms with Crippen molar-refractivity contribution in [2.75, 3.05) is 19.6 Å². The minimum atomic E-state index is 0.126. The molecule has 1 aromatic heterocycles. The summed E-state index contributed by atoms with van der Waals surface area (Å²) in [6.07, 6.45) is 11.1. The number of hydrogen-bond acceptors (Lipinski definition) is 3. The highest BCUT2D eigenvalue weighted by molar-refractivity contribution is 5.93. The monoisotopic (exact) mass is 382 g/mol. The lowest BCUT2D eigenvalue weighted by atomic mass is 9.68. The molecule has 2 bridgehead atoms. The number of hydrogen-bond donors (Lipinski definition) is 1. The van der Waals surface area contributed by atoms with Crippen molar-refractivity contribution in [3.05, 3.63) is 29.1 Å². The van der Waals surface area contributed by atoms with E-state index in [-0.39, 0.29) is 5.91 Å². The third-order valence-electron chi connectivity index (χ3n) is 7.40. The van der Waals surface area contributed by atoms with E-state index in [1.165, 1.54) is 45.2 Å². The van der Waals surface area contributed by atoms with E-state index in [1.54, 1.807) is 5.57 Å². The Kier molecular flexibility index (Phi) is 4.82. The number of aromatic amines is 1. The molecule has 5 nitrogen and oxygen atoms in total. The number of piperidine rings is 3. The number of nitrogens with zero attached hydrogens (tertiary/aromatic N) is 3. The highest BCUT2D eigenvalue weighted by Gasteiger charge is 2.47. The highest BCUT2D eigenvalue weighted by atomic mass is 16.2. The van der Waals surface area contributed by atoms with E-state index in [9.17, 15) is 4.79 Å². The Morgan fingerprint density at radius 2 is 2.18 bits per heavy atom. The van der Waals surface area contributed by atoms with Crippen LogP contribution >= 0.6 is 0 Å². The minimum absolute atomic E-state index is 0.126. The fourth-order valence-corrected chi connectivity index (χ4v) is 6.36. The first-order valence-corrected chi connectivity index (χ1v) is 11.4. The van der Waals surface area contributed by atoms with E-state index in [0.717, 1.165) is 31.1 Å². The van der Waals surface area contributed by atoms with Gasteiger partial charge in [0.15, 0.2) is 0 Å². The van der Waals surface area contributed by atoms with Crippen LogP contribution in [0.5, 0.6) is 0 Å². The van der Waals surface area contributed by atoms with Crippen molar-refractivity contribution in [3.63, 3.8) is 0 Å². The molecule has 3 aliphatic heterocycles. The maximum atomic E-state index is 13.4. The van der Waals surface area contributed by atoms with Crippen LogP contribution in [0, 0.1) is 17.8 Å². The molecular weight excluding hydrogens is 348 g/mol. The molecule has 1 aliphatic carbocycles. The summed E-state index contributed by atoms with van der Waals surface area (Å²) in [5, 5.41) is 7.47. The molecule has 0 aromatic carbocycles. The first-order valence-electron chi connectivity index (χ1n) is 11.4. The molecular formula is C23H34N4O. The molecule has 3 fully saturated rings. The fraction of sp³-hybridized carbons (Fsp3) is 0.739. The first-order chi connectivity index (χ1) is 13.6. The van der Waals surface area contributed by atoms with Gasteiger partial charge in [-0.2, -0.15) is 5.10 Å². The molecule has 4 atom stereocenters. The molecule has 152 valence electrons. The summed E-state index contributed by atoms with van der Waals surface area (Å²) in [6, 6.07) is 3.04. The number of nitrogens with one attached hydrogen (secondary N) is 1. The number of carbonyl (C=O) groups is 1. The molecule has 1 amide bonds. The lowest BCUT2D eigenvalue weighted by molar-refractivity contribution is 0.00131. The van der Waals surface area contributed by atoms with Crippen molar-refractivity contribution in [2.45, 2.75) is 70.9 Å². The van der Waals surface area contributed by atoms with Gasteiger partial charge in [0.05, 0.1) is 6.04 Å². The number of H-pyrrole nitrogens is 1. The normalized spacial score (nSPS) is 32.7. The molecule has 1 N–H and O–H groups in total. The van der Waals surface area contributed by atoms with Crippen molar-refractivity contribution in [2.24, 2.45) is 17.8 Å². The Labute approximate surface area is 168 Å². The van der Waals surface area contributed by atoms with Gasteiger partial charge in [0.2, 0.25) is 0 Å². The van der Waals surface area contributed by atoms with E-state index in [1.807, 2.05) is 6.07 Å². The van der Waals surface area contributed by atoms with Gasteiger partial charge >= 0.3 is 0 Å². The van der Waals surface area contributed by atoms with Crippen LogP contribution in [0.15, 0.2) is 17.7 Å². The second kappa shape index (κ2) is 7.33. The van der Waals surface area contributed by atoms with Crippen LogP contribution in [0.2, 0.25) is 0 Å². The van der Waals surface area contributed by atoms with Crippen LogP contribution in [0.25, 0.3) is 0 Å². The van der Waals surface area contributed by atoms with E-state index in [0.29, 0.717) is 29.5 Å². The van der Waals surface area contributed by atoms with Crippen LogP contribution < -0.4 is 0 Å². The Bertz CT molecular complexity index is 766. The molecule has 1 aromatic rings. The van der Waals surface area contributed by atoms with Gasteiger partial charge in [-0.05, 0) is 68.9 Å². The maximum absolute atomic E-state index is 13.4. The lowest BCUT2D eigenvalue weighted by Crippen LogP contribution is -2.60. The zero-order valence-electron chi connectivity index (χ0n) is 17.4. The second-order valence-electron chi connectivity index (χ2n) is 9.88. The molecule has 0 spiro atoms. The Balaban J connectivity index is 1.40. The SMILES string of the molecule is CC(C)Cc1cc(C(=O)N2CCCC3=CC4CC(CN5CCCC[C@H]45)[C@@H]32)n[nH]1. The Hall–Kier alpha value is -1.62. The predicted molar refractivity (Wildman–Crippen MR) is 110 cm³/mol. The zero-order chi connectivity index (χ0) is 19.3. The van der Waals surface area contributed by atoms with Gasteiger partial charge in [0, 0.05) is 24.8 Å². The quantitative estimate of drug-likeness (QED) is 0.812.